The van der Waals surface area contributed by atoms with E-state index < -0.39 is 0 Å². The van der Waals surface area contributed by atoms with Crippen LogP contribution in [0.25, 0.3) is 43.6 Å². The van der Waals surface area contributed by atoms with Crippen LogP contribution in [0.2, 0.25) is 0 Å². The van der Waals surface area contributed by atoms with Crippen LogP contribution in [0.15, 0.2) is 47.5 Å². The van der Waals surface area contributed by atoms with Gasteiger partial charge in [0.2, 0.25) is 0 Å². The molecule has 0 radical (unpaired) electrons. The summed E-state index contributed by atoms with van der Waals surface area (Å²) in [5.41, 5.74) is 3.19. The molecule has 2 heterocycles. The van der Waals surface area contributed by atoms with E-state index in [-0.39, 0.29) is 23.7 Å². The van der Waals surface area contributed by atoms with Crippen LogP contribution in [0.5, 0.6) is 5.75 Å². The predicted molar refractivity (Wildman–Crippen MR) is 144 cm³/mol. The van der Waals surface area contributed by atoms with Crippen molar-refractivity contribution in [1.29, 1.82) is 0 Å². The number of rotatable bonds is 7. The number of nitrogens with zero attached hydrogens (tertiary/aromatic N) is 1. The molecule has 36 heavy (non-hydrogen) atoms. The fraction of sp³-hybridized carbons (Fsp3) is 0.321. The van der Waals surface area contributed by atoms with Gasteiger partial charge in [0.05, 0.1) is 17.6 Å². The van der Waals surface area contributed by atoms with Crippen molar-refractivity contribution in [1.82, 2.24) is 20.6 Å². The lowest BCUT2D eigenvalue weighted by Crippen LogP contribution is -2.44. The standard InChI is InChI=1S/C28H31F2N5O/c1-15(2)32-28(33-16(3)4)31-10-5-11-36-27-25-21(19-12-17(29)6-8-23(19)34-25)14-22-20-13-18(30)7-9-24(20)35-26(22)27/h6-9,12-16,34-35H,5,10-11H2,1-4H3,(H2,31,32,33). The molecule has 0 spiro atoms. The lowest BCUT2D eigenvalue weighted by molar-refractivity contribution is 0.319. The summed E-state index contributed by atoms with van der Waals surface area (Å²) in [4.78, 5) is 11.4. The first kappa shape index (κ1) is 23.9. The van der Waals surface area contributed by atoms with Crippen LogP contribution in [-0.4, -0.2) is 41.2 Å². The van der Waals surface area contributed by atoms with Crippen molar-refractivity contribution in [2.45, 2.75) is 46.2 Å². The second-order valence-corrected chi connectivity index (χ2v) is 9.71. The number of ether oxygens (including phenoxy) is 1. The lowest BCUT2D eigenvalue weighted by Gasteiger charge is -2.17. The number of H-pyrrole nitrogens is 2. The Hall–Kier alpha value is -3.81. The zero-order chi connectivity index (χ0) is 25.4. The van der Waals surface area contributed by atoms with Crippen LogP contribution in [0.1, 0.15) is 34.1 Å². The number of aliphatic imine (C=N–C) groups is 1. The first-order chi connectivity index (χ1) is 17.3. The zero-order valence-corrected chi connectivity index (χ0v) is 20.9. The topological polar surface area (TPSA) is 77.2 Å². The number of hydrogen-bond acceptors (Lipinski definition) is 2. The first-order valence-corrected chi connectivity index (χ1v) is 12.4. The van der Waals surface area contributed by atoms with Crippen LogP contribution in [0, 0.1) is 11.6 Å². The quantitative estimate of drug-likeness (QED) is 0.122. The van der Waals surface area contributed by atoms with Gasteiger partial charge in [0.15, 0.2) is 11.7 Å². The van der Waals surface area contributed by atoms with Crippen LogP contribution in [0.3, 0.4) is 0 Å². The molecule has 0 atom stereocenters. The minimum absolute atomic E-state index is 0.274. The van der Waals surface area contributed by atoms with E-state index in [2.05, 4.69) is 53.3 Å². The number of guanidine groups is 1. The molecule has 0 saturated heterocycles. The van der Waals surface area contributed by atoms with Gasteiger partial charge in [0.1, 0.15) is 11.6 Å². The van der Waals surface area contributed by atoms with Crippen molar-refractivity contribution < 1.29 is 13.5 Å². The van der Waals surface area contributed by atoms with Gasteiger partial charge in [-0.25, -0.2) is 8.78 Å². The maximum atomic E-state index is 14.1. The summed E-state index contributed by atoms with van der Waals surface area (Å²) >= 11 is 0. The molecule has 0 bridgehead atoms. The van der Waals surface area contributed by atoms with Crippen molar-refractivity contribution in [3.63, 3.8) is 0 Å². The summed E-state index contributed by atoms with van der Waals surface area (Å²) in [6.45, 7) is 9.32. The molecule has 5 rings (SSSR count). The van der Waals surface area contributed by atoms with E-state index in [1.807, 2.05) is 6.07 Å². The number of halogens is 2. The second kappa shape index (κ2) is 9.68. The highest BCUT2D eigenvalue weighted by molar-refractivity contribution is 6.20. The molecule has 0 saturated carbocycles. The molecule has 6 nitrogen and oxygen atoms in total. The molecular weight excluding hydrogens is 460 g/mol. The predicted octanol–water partition coefficient (Wildman–Crippen LogP) is 6.35. The summed E-state index contributed by atoms with van der Waals surface area (Å²) in [7, 11) is 0. The Balaban J connectivity index is 1.50. The van der Waals surface area contributed by atoms with Gasteiger partial charge in [0, 0.05) is 57.6 Å². The molecule has 0 aliphatic heterocycles. The smallest absolute Gasteiger partial charge is 0.191 e. The molecule has 8 heteroatoms. The molecule has 0 unspecified atom stereocenters. The molecule has 2 aromatic heterocycles. The van der Waals surface area contributed by atoms with E-state index in [4.69, 9.17) is 4.74 Å². The number of hydrogen-bond donors (Lipinski definition) is 4. The summed E-state index contributed by atoms with van der Waals surface area (Å²) in [6.07, 6.45) is 0.699. The van der Waals surface area contributed by atoms with E-state index in [9.17, 15) is 8.78 Å². The molecule has 3 aromatic carbocycles. The molecular formula is C28H31F2N5O. The van der Waals surface area contributed by atoms with Crippen LogP contribution >= 0.6 is 0 Å². The van der Waals surface area contributed by atoms with Gasteiger partial charge in [-0.15, -0.1) is 0 Å². The number of aromatic amines is 2. The Morgan fingerprint density at radius 3 is 1.83 bits per heavy atom. The van der Waals surface area contributed by atoms with Crippen molar-refractivity contribution in [2.75, 3.05) is 13.2 Å². The van der Waals surface area contributed by atoms with Crippen LogP contribution in [0.4, 0.5) is 8.78 Å². The zero-order valence-electron chi connectivity index (χ0n) is 20.9. The highest BCUT2D eigenvalue weighted by Gasteiger charge is 2.18. The van der Waals surface area contributed by atoms with E-state index in [0.717, 1.165) is 49.6 Å². The third-order valence-electron chi connectivity index (χ3n) is 6.01. The number of fused-ring (bicyclic) bond motifs is 6. The summed E-state index contributed by atoms with van der Waals surface area (Å²) < 4.78 is 34.5. The average molecular weight is 492 g/mol. The van der Waals surface area contributed by atoms with Gasteiger partial charge in [-0.2, -0.15) is 0 Å². The van der Waals surface area contributed by atoms with Crippen molar-refractivity contribution in [3.05, 3.63) is 54.1 Å². The fourth-order valence-electron chi connectivity index (χ4n) is 4.55. The van der Waals surface area contributed by atoms with Crippen molar-refractivity contribution >= 4 is 49.6 Å². The summed E-state index contributed by atoms with van der Waals surface area (Å²) in [5, 5.41) is 9.85. The molecule has 0 aliphatic carbocycles. The number of nitrogens with one attached hydrogen (secondary N) is 4. The van der Waals surface area contributed by atoms with Crippen molar-refractivity contribution in [3.8, 4) is 5.75 Å². The molecule has 5 aromatic rings. The molecule has 0 amide bonds. The maximum Gasteiger partial charge on any atom is 0.191 e. The Morgan fingerprint density at radius 2 is 1.33 bits per heavy atom. The first-order valence-electron chi connectivity index (χ1n) is 12.4. The van der Waals surface area contributed by atoms with Gasteiger partial charge in [-0.1, -0.05) is 0 Å². The highest BCUT2D eigenvalue weighted by atomic mass is 19.1. The van der Waals surface area contributed by atoms with E-state index in [0.29, 0.717) is 25.3 Å². The van der Waals surface area contributed by atoms with E-state index >= 15 is 0 Å². The Bertz CT molecular complexity index is 1480. The normalized spacial score (nSPS) is 11.9. The summed E-state index contributed by atoms with van der Waals surface area (Å²) in [6, 6.07) is 11.9. The van der Waals surface area contributed by atoms with Gasteiger partial charge in [-0.05, 0) is 70.2 Å². The Kier molecular flexibility index (Phi) is 6.43. The highest BCUT2D eigenvalue weighted by Crippen LogP contribution is 2.41. The lowest BCUT2D eigenvalue weighted by atomic mass is 10.1. The Labute approximate surface area is 208 Å². The average Bonchev–Trinajstić information content (AvgIpc) is 3.35. The van der Waals surface area contributed by atoms with E-state index in [1.54, 1.807) is 12.1 Å². The largest absolute Gasteiger partial charge is 0.489 e. The maximum absolute atomic E-state index is 14.1. The fourth-order valence-corrected chi connectivity index (χ4v) is 4.55. The monoisotopic (exact) mass is 491 g/mol. The Morgan fingerprint density at radius 1 is 0.806 bits per heavy atom. The minimum atomic E-state index is -0.311. The van der Waals surface area contributed by atoms with Gasteiger partial charge >= 0.3 is 0 Å². The third kappa shape index (κ3) is 4.67. The SMILES string of the molecule is CC(C)NC(=NCCCOc1c2[nH]c3ccc(F)cc3c2cc2c1[nH]c1ccc(F)cc12)NC(C)C. The molecule has 188 valence electrons. The van der Waals surface area contributed by atoms with E-state index in [1.165, 1.54) is 24.3 Å². The van der Waals surface area contributed by atoms with Gasteiger partial charge in [-0.3, -0.25) is 4.99 Å². The summed E-state index contributed by atoms with van der Waals surface area (Å²) in [5.74, 6) is 0.796. The van der Waals surface area contributed by atoms with Gasteiger partial charge in [0.25, 0.3) is 0 Å². The molecule has 0 aliphatic rings. The minimum Gasteiger partial charge on any atom is -0.489 e. The van der Waals surface area contributed by atoms with Crippen LogP contribution < -0.4 is 15.4 Å². The number of aromatic nitrogens is 2. The van der Waals surface area contributed by atoms with Gasteiger partial charge < -0.3 is 25.3 Å². The van der Waals surface area contributed by atoms with Crippen molar-refractivity contribution in [2.24, 2.45) is 4.99 Å². The second-order valence-electron chi connectivity index (χ2n) is 9.71. The molecule has 4 N–H and O–H groups in total. The molecule has 0 fully saturated rings. The third-order valence-corrected chi connectivity index (χ3v) is 6.01. The number of benzene rings is 3. The van der Waals surface area contributed by atoms with Crippen LogP contribution in [-0.2, 0) is 0 Å².